The second kappa shape index (κ2) is 8.43. The van der Waals surface area contributed by atoms with Crippen molar-refractivity contribution in [3.63, 3.8) is 0 Å². The van der Waals surface area contributed by atoms with E-state index in [-0.39, 0.29) is 35.5 Å². The van der Waals surface area contributed by atoms with Crippen molar-refractivity contribution in [3.05, 3.63) is 35.6 Å². The van der Waals surface area contributed by atoms with Gasteiger partial charge in [0.15, 0.2) is 0 Å². The molecule has 0 aromatic heterocycles. The molecular formula is C19H28FN3O2. The number of hydrogen-bond acceptors (Lipinski definition) is 3. The van der Waals surface area contributed by atoms with Crippen LogP contribution in [0.5, 0.6) is 0 Å². The third kappa shape index (κ3) is 5.01. The number of halogens is 1. The highest BCUT2D eigenvalue weighted by Crippen LogP contribution is 2.40. The van der Waals surface area contributed by atoms with Crippen molar-refractivity contribution in [2.24, 2.45) is 11.7 Å². The largest absolute Gasteiger partial charge is 0.354 e. The van der Waals surface area contributed by atoms with Crippen molar-refractivity contribution < 1.29 is 14.0 Å². The van der Waals surface area contributed by atoms with Gasteiger partial charge in [0.25, 0.3) is 0 Å². The second-order valence-corrected chi connectivity index (χ2v) is 7.26. The van der Waals surface area contributed by atoms with Crippen molar-refractivity contribution in [2.45, 2.75) is 51.0 Å². The molecule has 1 atom stereocenters. The molecule has 1 fully saturated rings. The molecule has 5 nitrogen and oxygen atoms in total. The number of nitrogens with one attached hydrogen (secondary N) is 2. The quantitative estimate of drug-likeness (QED) is 0.702. The Morgan fingerprint density at radius 2 is 1.76 bits per heavy atom. The smallest absolute Gasteiger partial charge is 0.239 e. The number of amides is 2. The van der Waals surface area contributed by atoms with Crippen LogP contribution in [-0.2, 0) is 15.0 Å². The van der Waals surface area contributed by atoms with E-state index < -0.39 is 6.04 Å². The Morgan fingerprint density at radius 1 is 1.16 bits per heavy atom. The Morgan fingerprint density at radius 3 is 2.32 bits per heavy atom. The van der Waals surface area contributed by atoms with E-state index >= 15 is 0 Å². The summed E-state index contributed by atoms with van der Waals surface area (Å²) >= 11 is 0. The van der Waals surface area contributed by atoms with Gasteiger partial charge in [0.2, 0.25) is 11.8 Å². The molecule has 138 valence electrons. The third-order valence-electron chi connectivity index (χ3n) is 5.09. The fraction of sp³-hybridized carbons (Fsp3) is 0.579. The van der Waals surface area contributed by atoms with Gasteiger partial charge in [-0.15, -0.1) is 0 Å². The molecule has 6 heteroatoms. The Labute approximate surface area is 148 Å². The van der Waals surface area contributed by atoms with Crippen molar-refractivity contribution in [1.29, 1.82) is 0 Å². The fourth-order valence-corrected chi connectivity index (χ4v) is 3.34. The van der Waals surface area contributed by atoms with E-state index in [4.69, 9.17) is 5.73 Å². The van der Waals surface area contributed by atoms with Gasteiger partial charge in [-0.25, -0.2) is 4.39 Å². The normalized spacial score (nSPS) is 17.3. The summed E-state index contributed by atoms with van der Waals surface area (Å²) < 4.78 is 13.2. The van der Waals surface area contributed by atoms with Crippen molar-refractivity contribution >= 4 is 11.8 Å². The summed E-state index contributed by atoms with van der Waals surface area (Å²) in [5, 5.41) is 5.49. The van der Waals surface area contributed by atoms with Crippen molar-refractivity contribution in [3.8, 4) is 0 Å². The van der Waals surface area contributed by atoms with Crippen LogP contribution in [0.1, 0.15) is 45.1 Å². The molecule has 1 aliphatic rings. The summed E-state index contributed by atoms with van der Waals surface area (Å²) in [5.41, 5.74) is 6.66. The number of hydrogen-bond donors (Lipinski definition) is 3. The van der Waals surface area contributed by atoms with Crippen LogP contribution in [0, 0.1) is 11.7 Å². The maximum atomic E-state index is 13.2. The predicted octanol–water partition coefficient (Wildman–Crippen LogP) is 1.85. The molecule has 0 bridgehead atoms. The van der Waals surface area contributed by atoms with Gasteiger partial charge in [-0.3, -0.25) is 9.59 Å². The lowest BCUT2D eigenvalue weighted by atomic mass is 9.79. The zero-order valence-electron chi connectivity index (χ0n) is 15.0. The van der Waals surface area contributed by atoms with Crippen molar-refractivity contribution in [1.82, 2.24) is 10.6 Å². The first kappa shape index (κ1) is 19.4. The van der Waals surface area contributed by atoms with E-state index in [1.807, 2.05) is 13.8 Å². The monoisotopic (exact) mass is 349 g/mol. The predicted molar refractivity (Wildman–Crippen MR) is 95.4 cm³/mol. The molecule has 25 heavy (non-hydrogen) atoms. The van der Waals surface area contributed by atoms with E-state index in [2.05, 4.69) is 10.6 Å². The van der Waals surface area contributed by atoms with Crippen LogP contribution in [0.15, 0.2) is 24.3 Å². The summed E-state index contributed by atoms with van der Waals surface area (Å²) in [5.74, 6) is -0.801. The van der Waals surface area contributed by atoms with E-state index in [1.165, 1.54) is 12.1 Å². The van der Waals surface area contributed by atoms with Gasteiger partial charge in [-0.05, 0) is 36.5 Å². The van der Waals surface area contributed by atoms with Gasteiger partial charge in [0, 0.05) is 12.0 Å². The Bertz CT molecular complexity index is 595. The van der Waals surface area contributed by atoms with Crippen LogP contribution in [-0.4, -0.2) is 30.9 Å². The topological polar surface area (TPSA) is 84.2 Å². The van der Waals surface area contributed by atoms with Gasteiger partial charge in [0.05, 0.1) is 12.6 Å². The van der Waals surface area contributed by atoms with Gasteiger partial charge >= 0.3 is 0 Å². The standard InChI is InChI=1S/C19H28FN3O2/c1-13(2)17(21)18(25)22-11-16(24)23-12-19(9-3-4-10-19)14-5-7-15(20)8-6-14/h5-8,13,17H,3-4,9-12,21H2,1-2H3,(H,22,25)(H,23,24)/t17-/m0/s1. The lowest BCUT2D eigenvalue weighted by Gasteiger charge is -2.30. The molecule has 1 saturated carbocycles. The molecule has 0 heterocycles. The SMILES string of the molecule is CC(C)[C@H](N)C(=O)NCC(=O)NCC1(c2ccc(F)cc2)CCCC1. The number of benzene rings is 1. The minimum Gasteiger partial charge on any atom is -0.354 e. The zero-order valence-corrected chi connectivity index (χ0v) is 15.0. The fourth-order valence-electron chi connectivity index (χ4n) is 3.34. The molecular weight excluding hydrogens is 321 g/mol. The number of nitrogens with two attached hydrogens (primary N) is 1. The summed E-state index contributed by atoms with van der Waals surface area (Å²) in [6.07, 6.45) is 4.10. The molecule has 1 aromatic carbocycles. The maximum absolute atomic E-state index is 13.2. The first-order valence-corrected chi connectivity index (χ1v) is 8.90. The van der Waals surface area contributed by atoms with Gasteiger partial charge in [0.1, 0.15) is 5.82 Å². The van der Waals surface area contributed by atoms with E-state index in [0.717, 1.165) is 31.2 Å². The summed E-state index contributed by atoms with van der Waals surface area (Å²) in [7, 11) is 0. The maximum Gasteiger partial charge on any atom is 0.239 e. The highest BCUT2D eigenvalue weighted by Gasteiger charge is 2.35. The average Bonchev–Trinajstić information content (AvgIpc) is 3.07. The second-order valence-electron chi connectivity index (χ2n) is 7.26. The molecule has 0 radical (unpaired) electrons. The Hall–Kier alpha value is -1.95. The lowest BCUT2D eigenvalue weighted by molar-refractivity contribution is -0.127. The molecule has 0 saturated heterocycles. The number of carbonyl (C=O) groups is 2. The highest BCUT2D eigenvalue weighted by molar-refractivity contribution is 5.87. The average molecular weight is 349 g/mol. The molecule has 0 spiro atoms. The summed E-state index contributed by atoms with van der Waals surface area (Å²) in [4.78, 5) is 23.9. The van der Waals surface area contributed by atoms with Crippen LogP contribution in [0.25, 0.3) is 0 Å². The molecule has 1 aliphatic carbocycles. The third-order valence-corrected chi connectivity index (χ3v) is 5.09. The Kier molecular flexibility index (Phi) is 6.53. The van der Waals surface area contributed by atoms with E-state index in [1.54, 1.807) is 12.1 Å². The van der Waals surface area contributed by atoms with Crippen LogP contribution in [0.4, 0.5) is 4.39 Å². The molecule has 2 rings (SSSR count). The highest BCUT2D eigenvalue weighted by atomic mass is 19.1. The van der Waals surface area contributed by atoms with Crippen LogP contribution in [0.3, 0.4) is 0 Å². The number of rotatable bonds is 7. The molecule has 1 aromatic rings. The van der Waals surface area contributed by atoms with Gasteiger partial charge < -0.3 is 16.4 Å². The van der Waals surface area contributed by atoms with Gasteiger partial charge in [-0.1, -0.05) is 38.8 Å². The lowest BCUT2D eigenvalue weighted by Crippen LogP contribution is -2.48. The van der Waals surface area contributed by atoms with Gasteiger partial charge in [-0.2, -0.15) is 0 Å². The first-order chi connectivity index (χ1) is 11.8. The van der Waals surface area contributed by atoms with E-state index in [9.17, 15) is 14.0 Å². The van der Waals surface area contributed by atoms with Crippen molar-refractivity contribution in [2.75, 3.05) is 13.1 Å². The van der Waals surface area contributed by atoms with Crippen LogP contribution >= 0.6 is 0 Å². The summed E-state index contributed by atoms with van der Waals surface area (Å²) in [6.45, 7) is 4.12. The van der Waals surface area contributed by atoms with Crippen LogP contribution < -0.4 is 16.4 Å². The summed E-state index contributed by atoms with van der Waals surface area (Å²) in [6, 6.07) is 5.91. The number of carbonyl (C=O) groups excluding carboxylic acids is 2. The minimum absolute atomic E-state index is 0.0169. The van der Waals surface area contributed by atoms with Crippen LogP contribution in [0.2, 0.25) is 0 Å². The molecule has 4 N–H and O–H groups in total. The minimum atomic E-state index is -0.617. The molecule has 2 amide bonds. The molecule has 0 unspecified atom stereocenters. The Balaban J connectivity index is 1.90. The zero-order chi connectivity index (χ0) is 18.4. The molecule has 0 aliphatic heterocycles. The van der Waals surface area contributed by atoms with E-state index in [0.29, 0.717) is 6.54 Å². The first-order valence-electron chi connectivity index (χ1n) is 8.90.